The number of piperidine rings is 1. The van der Waals surface area contributed by atoms with E-state index in [1.165, 1.54) is 64.7 Å². The number of rotatable bonds is 7. The second-order valence-corrected chi connectivity index (χ2v) is 6.22. The molecule has 1 aliphatic heterocycles. The molecule has 1 N–H and O–H groups in total. The molecular formula is C15H30N2. The van der Waals surface area contributed by atoms with Crippen LogP contribution < -0.4 is 5.32 Å². The van der Waals surface area contributed by atoms with Gasteiger partial charge in [-0.1, -0.05) is 19.8 Å². The molecule has 2 aliphatic rings. The zero-order chi connectivity index (χ0) is 12.1. The molecule has 0 aromatic carbocycles. The van der Waals surface area contributed by atoms with Crippen LogP contribution in [0.25, 0.3) is 0 Å². The summed E-state index contributed by atoms with van der Waals surface area (Å²) < 4.78 is 0. The van der Waals surface area contributed by atoms with E-state index in [2.05, 4.69) is 24.1 Å². The summed E-state index contributed by atoms with van der Waals surface area (Å²) >= 11 is 0. The summed E-state index contributed by atoms with van der Waals surface area (Å²) in [4.78, 5) is 2.77. The van der Waals surface area contributed by atoms with E-state index < -0.39 is 0 Å². The second kappa shape index (κ2) is 6.75. The third-order valence-corrected chi connectivity index (χ3v) is 4.46. The van der Waals surface area contributed by atoms with E-state index in [0.29, 0.717) is 0 Å². The molecule has 1 saturated heterocycles. The van der Waals surface area contributed by atoms with Crippen molar-refractivity contribution < 1.29 is 0 Å². The highest BCUT2D eigenvalue weighted by atomic mass is 15.2. The molecule has 0 spiro atoms. The van der Waals surface area contributed by atoms with E-state index in [-0.39, 0.29) is 0 Å². The van der Waals surface area contributed by atoms with Gasteiger partial charge in [0.25, 0.3) is 0 Å². The van der Waals surface area contributed by atoms with Crippen molar-refractivity contribution in [3.63, 3.8) is 0 Å². The molecule has 2 rings (SSSR count). The van der Waals surface area contributed by atoms with Crippen LogP contribution in [0.15, 0.2) is 0 Å². The highest BCUT2D eigenvalue weighted by Gasteiger charge is 2.27. The van der Waals surface area contributed by atoms with Crippen LogP contribution in [0.5, 0.6) is 0 Å². The van der Waals surface area contributed by atoms with E-state index >= 15 is 0 Å². The maximum atomic E-state index is 3.47. The Hall–Kier alpha value is -0.0800. The first-order valence-corrected chi connectivity index (χ1v) is 7.74. The molecule has 1 unspecified atom stereocenters. The lowest BCUT2D eigenvalue weighted by molar-refractivity contribution is 0.150. The van der Waals surface area contributed by atoms with E-state index in [9.17, 15) is 0 Å². The second-order valence-electron chi connectivity index (χ2n) is 6.22. The quantitative estimate of drug-likeness (QED) is 0.733. The zero-order valence-electron chi connectivity index (χ0n) is 11.8. The predicted octanol–water partition coefficient (Wildman–Crippen LogP) is 2.89. The maximum absolute atomic E-state index is 3.47. The minimum absolute atomic E-state index is 0.817. The Balaban J connectivity index is 1.76. The van der Waals surface area contributed by atoms with Gasteiger partial charge in [-0.3, -0.25) is 0 Å². The van der Waals surface area contributed by atoms with E-state index in [4.69, 9.17) is 0 Å². The Labute approximate surface area is 107 Å². The van der Waals surface area contributed by atoms with Crippen LogP contribution in [0.4, 0.5) is 0 Å². The Morgan fingerprint density at radius 2 is 1.82 bits per heavy atom. The van der Waals surface area contributed by atoms with Crippen molar-refractivity contribution >= 4 is 0 Å². The normalized spacial score (nSPS) is 24.2. The molecule has 0 radical (unpaired) electrons. The van der Waals surface area contributed by atoms with Crippen LogP contribution in [-0.4, -0.2) is 37.1 Å². The molecule has 2 fully saturated rings. The topological polar surface area (TPSA) is 15.3 Å². The van der Waals surface area contributed by atoms with E-state index in [1.54, 1.807) is 0 Å². The predicted molar refractivity (Wildman–Crippen MR) is 74.3 cm³/mol. The lowest BCUT2D eigenvalue weighted by Crippen LogP contribution is -2.41. The van der Waals surface area contributed by atoms with Gasteiger partial charge < -0.3 is 10.2 Å². The molecule has 2 nitrogen and oxygen atoms in total. The fourth-order valence-electron chi connectivity index (χ4n) is 3.16. The molecule has 0 aromatic rings. The van der Waals surface area contributed by atoms with Gasteiger partial charge in [-0.15, -0.1) is 0 Å². The molecule has 1 saturated carbocycles. The van der Waals surface area contributed by atoms with Crippen molar-refractivity contribution in [3.05, 3.63) is 0 Å². The van der Waals surface area contributed by atoms with Crippen LogP contribution in [-0.2, 0) is 0 Å². The lowest BCUT2D eigenvalue weighted by atomic mass is 9.96. The molecule has 100 valence electrons. The van der Waals surface area contributed by atoms with E-state index in [1.807, 2.05) is 0 Å². The first kappa shape index (κ1) is 13.4. The average molecular weight is 238 g/mol. The van der Waals surface area contributed by atoms with Crippen molar-refractivity contribution in [2.45, 2.75) is 58.4 Å². The number of hydrogen-bond donors (Lipinski definition) is 1. The Morgan fingerprint density at radius 1 is 1.12 bits per heavy atom. The summed E-state index contributed by atoms with van der Waals surface area (Å²) in [5.74, 6) is 2.02. The van der Waals surface area contributed by atoms with Gasteiger partial charge >= 0.3 is 0 Å². The van der Waals surface area contributed by atoms with Crippen molar-refractivity contribution in [2.24, 2.45) is 11.8 Å². The van der Waals surface area contributed by atoms with Crippen molar-refractivity contribution in [1.29, 1.82) is 0 Å². The number of hydrogen-bond acceptors (Lipinski definition) is 2. The van der Waals surface area contributed by atoms with Gasteiger partial charge in [0.2, 0.25) is 0 Å². The van der Waals surface area contributed by atoms with Crippen molar-refractivity contribution in [2.75, 3.05) is 26.2 Å². The van der Waals surface area contributed by atoms with Crippen LogP contribution >= 0.6 is 0 Å². The molecule has 1 atom stereocenters. The molecule has 1 aliphatic carbocycles. The van der Waals surface area contributed by atoms with Gasteiger partial charge in [-0.2, -0.15) is 0 Å². The molecular weight excluding hydrogens is 208 g/mol. The van der Waals surface area contributed by atoms with Gasteiger partial charge in [-0.25, -0.2) is 0 Å². The number of nitrogens with one attached hydrogen (secondary N) is 1. The average Bonchev–Trinajstić information content (AvgIpc) is 3.14. The smallest absolute Gasteiger partial charge is 0.00696 e. The summed E-state index contributed by atoms with van der Waals surface area (Å²) in [6.07, 6.45) is 8.52. The lowest BCUT2D eigenvalue weighted by Gasteiger charge is -2.34. The summed E-state index contributed by atoms with van der Waals surface area (Å²) in [7, 11) is 0. The van der Waals surface area contributed by atoms with Crippen LogP contribution in [0.2, 0.25) is 0 Å². The Morgan fingerprint density at radius 3 is 2.41 bits per heavy atom. The third-order valence-electron chi connectivity index (χ3n) is 4.46. The van der Waals surface area contributed by atoms with Gasteiger partial charge in [-0.05, 0) is 64.1 Å². The van der Waals surface area contributed by atoms with Crippen LogP contribution in [0, 0.1) is 11.8 Å². The van der Waals surface area contributed by atoms with Gasteiger partial charge in [0.15, 0.2) is 0 Å². The fourth-order valence-corrected chi connectivity index (χ4v) is 3.16. The monoisotopic (exact) mass is 238 g/mol. The molecule has 0 bridgehead atoms. The largest absolute Gasteiger partial charge is 0.317 e. The first-order chi connectivity index (χ1) is 8.29. The zero-order valence-corrected chi connectivity index (χ0v) is 11.8. The molecule has 1 heterocycles. The highest BCUT2D eigenvalue weighted by molar-refractivity contribution is 4.81. The van der Waals surface area contributed by atoms with Gasteiger partial charge in [0.1, 0.15) is 0 Å². The molecule has 0 amide bonds. The minimum Gasteiger partial charge on any atom is -0.317 e. The van der Waals surface area contributed by atoms with Crippen molar-refractivity contribution in [3.8, 4) is 0 Å². The Bertz CT molecular complexity index is 207. The van der Waals surface area contributed by atoms with Crippen LogP contribution in [0.3, 0.4) is 0 Å². The van der Waals surface area contributed by atoms with Crippen LogP contribution in [0.1, 0.15) is 52.4 Å². The van der Waals surface area contributed by atoms with Crippen molar-refractivity contribution in [1.82, 2.24) is 10.2 Å². The molecule has 17 heavy (non-hydrogen) atoms. The summed E-state index contributed by atoms with van der Waals surface area (Å²) in [6, 6.07) is 0.817. The minimum atomic E-state index is 0.817. The SMILES string of the molecule is CCCN(CC1CCNCC1)C(C)CC1CC1. The summed E-state index contributed by atoms with van der Waals surface area (Å²) in [6.45, 7) is 9.90. The molecule has 0 aromatic heterocycles. The maximum Gasteiger partial charge on any atom is 0.00696 e. The first-order valence-electron chi connectivity index (χ1n) is 7.74. The fraction of sp³-hybridized carbons (Fsp3) is 1.00. The molecule has 2 heteroatoms. The third kappa shape index (κ3) is 4.59. The standard InChI is InChI=1S/C15H30N2/c1-3-10-17(13(2)11-14-4-5-14)12-15-6-8-16-9-7-15/h13-16H,3-12H2,1-2H3. The number of nitrogens with zero attached hydrogens (tertiary/aromatic N) is 1. The summed E-state index contributed by atoms with van der Waals surface area (Å²) in [5, 5.41) is 3.47. The highest BCUT2D eigenvalue weighted by Crippen LogP contribution is 2.34. The van der Waals surface area contributed by atoms with Gasteiger partial charge in [0.05, 0.1) is 0 Å². The summed E-state index contributed by atoms with van der Waals surface area (Å²) in [5.41, 5.74) is 0. The Kier molecular flexibility index (Phi) is 5.30. The van der Waals surface area contributed by atoms with Gasteiger partial charge in [0, 0.05) is 12.6 Å². The van der Waals surface area contributed by atoms with E-state index in [0.717, 1.165) is 17.9 Å².